The Kier molecular flexibility index (Phi) is 5.34. The zero-order chi connectivity index (χ0) is 20.9. The average molecular weight is 400 g/mol. The summed E-state index contributed by atoms with van der Waals surface area (Å²) >= 11 is 0. The first-order chi connectivity index (χ1) is 14.6. The number of benzene rings is 3. The highest BCUT2D eigenvalue weighted by molar-refractivity contribution is 6.13. The standard InChI is InChI=1S/C23H16N2O5/c26-23-21(24-22(30-23)18-7-4-8-19(14-18)25(27)28)13-16-9-11-20(12-10-16)29-15-17-5-2-1-3-6-17/h1-14H,15H2/b21-13-. The predicted octanol–water partition coefficient (Wildman–Crippen LogP) is 4.52. The Balaban J connectivity index is 1.48. The van der Waals surface area contributed by atoms with E-state index in [2.05, 4.69) is 4.99 Å². The third-order valence-corrected chi connectivity index (χ3v) is 4.36. The molecular weight excluding hydrogens is 384 g/mol. The first kappa shape index (κ1) is 19.1. The maximum Gasteiger partial charge on any atom is 0.363 e. The number of rotatable bonds is 6. The van der Waals surface area contributed by atoms with Gasteiger partial charge in [0.15, 0.2) is 5.70 Å². The number of esters is 1. The zero-order valence-corrected chi connectivity index (χ0v) is 15.7. The Morgan fingerprint density at radius 2 is 1.77 bits per heavy atom. The number of aliphatic imine (C=N–C) groups is 1. The third kappa shape index (κ3) is 4.41. The number of nitro groups is 1. The molecule has 0 aliphatic carbocycles. The summed E-state index contributed by atoms with van der Waals surface area (Å²) in [5.74, 6) is 0.134. The van der Waals surface area contributed by atoms with Crippen molar-refractivity contribution in [2.75, 3.05) is 0 Å². The van der Waals surface area contributed by atoms with E-state index in [9.17, 15) is 14.9 Å². The summed E-state index contributed by atoms with van der Waals surface area (Å²) in [6.07, 6.45) is 1.59. The molecule has 3 aromatic rings. The predicted molar refractivity (Wildman–Crippen MR) is 111 cm³/mol. The van der Waals surface area contributed by atoms with E-state index in [1.165, 1.54) is 18.2 Å². The number of carbonyl (C=O) groups is 1. The van der Waals surface area contributed by atoms with Crippen molar-refractivity contribution in [3.8, 4) is 5.75 Å². The summed E-state index contributed by atoms with van der Waals surface area (Å²) in [7, 11) is 0. The van der Waals surface area contributed by atoms with Crippen molar-refractivity contribution in [3.05, 3.63) is 111 Å². The monoisotopic (exact) mass is 400 g/mol. The zero-order valence-electron chi connectivity index (χ0n) is 15.7. The Morgan fingerprint density at radius 1 is 1.00 bits per heavy atom. The van der Waals surface area contributed by atoms with Crippen LogP contribution in [0.2, 0.25) is 0 Å². The molecule has 0 radical (unpaired) electrons. The maximum absolute atomic E-state index is 12.1. The molecule has 4 rings (SSSR count). The molecule has 0 amide bonds. The second-order valence-electron chi connectivity index (χ2n) is 6.49. The fourth-order valence-electron chi connectivity index (χ4n) is 2.84. The van der Waals surface area contributed by atoms with Gasteiger partial charge in [0.25, 0.3) is 5.69 Å². The van der Waals surface area contributed by atoms with Crippen molar-refractivity contribution < 1.29 is 19.2 Å². The number of hydrogen-bond donors (Lipinski definition) is 0. The first-order valence-electron chi connectivity index (χ1n) is 9.13. The molecule has 0 unspecified atom stereocenters. The minimum atomic E-state index is -0.610. The number of cyclic esters (lactones) is 1. The van der Waals surface area contributed by atoms with Gasteiger partial charge in [0.1, 0.15) is 12.4 Å². The molecule has 0 fully saturated rings. The Labute approximate surface area is 172 Å². The van der Waals surface area contributed by atoms with Crippen LogP contribution in [0.15, 0.2) is 89.6 Å². The van der Waals surface area contributed by atoms with Gasteiger partial charge in [0.2, 0.25) is 5.90 Å². The topological polar surface area (TPSA) is 91.0 Å². The molecule has 0 saturated heterocycles. The number of hydrogen-bond acceptors (Lipinski definition) is 6. The van der Waals surface area contributed by atoms with Gasteiger partial charge in [-0.3, -0.25) is 10.1 Å². The minimum Gasteiger partial charge on any atom is -0.489 e. The molecule has 7 nitrogen and oxygen atoms in total. The van der Waals surface area contributed by atoms with Crippen LogP contribution in [-0.4, -0.2) is 16.8 Å². The molecule has 1 heterocycles. The van der Waals surface area contributed by atoms with Crippen LogP contribution in [0.4, 0.5) is 5.69 Å². The second kappa shape index (κ2) is 8.40. The van der Waals surface area contributed by atoms with E-state index in [1.807, 2.05) is 42.5 Å². The fraction of sp³-hybridized carbons (Fsp3) is 0.0435. The van der Waals surface area contributed by atoms with Gasteiger partial charge < -0.3 is 9.47 Å². The van der Waals surface area contributed by atoms with Gasteiger partial charge in [0, 0.05) is 17.7 Å². The highest BCUT2D eigenvalue weighted by Crippen LogP contribution is 2.22. The van der Waals surface area contributed by atoms with Crippen molar-refractivity contribution in [1.82, 2.24) is 0 Å². The summed E-state index contributed by atoms with van der Waals surface area (Å²) in [5.41, 5.74) is 2.20. The number of nitro benzene ring substituents is 1. The van der Waals surface area contributed by atoms with Gasteiger partial charge in [-0.2, -0.15) is 0 Å². The van der Waals surface area contributed by atoms with Crippen LogP contribution >= 0.6 is 0 Å². The van der Waals surface area contributed by atoms with Crippen LogP contribution in [-0.2, 0) is 16.1 Å². The third-order valence-electron chi connectivity index (χ3n) is 4.36. The summed E-state index contributed by atoms with van der Waals surface area (Å²) in [6.45, 7) is 0.463. The molecule has 1 aliphatic rings. The van der Waals surface area contributed by atoms with Crippen LogP contribution < -0.4 is 4.74 Å². The normalized spacial score (nSPS) is 14.3. The van der Waals surface area contributed by atoms with Crippen LogP contribution in [0, 0.1) is 10.1 Å². The number of non-ortho nitro benzene ring substituents is 1. The molecule has 0 bridgehead atoms. The summed E-state index contributed by atoms with van der Waals surface area (Å²) < 4.78 is 10.9. The van der Waals surface area contributed by atoms with E-state index in [0.29, 0.717) is 17.9 Å². The Hall–Kier alpha value is -4.26. The summed E-state index contributed by atoms with van der Waals surface area (Å²) in [4.78, 5) is 26.7. The first-order valence-corrected chi connectivity index (χ1v) is 9.13. The number of carbonyl (C=O) groups excluding carboxylic acids is 1. The van der Waals surface area contributed by atoms with Crippen LogP contribution in [0.3, 0.4) is 0 Å². The lowest BCUT2D eigenvalue weighted by atomic mass is 10.2. The van der Waals surface area contributed by atoms with Crippen molar-refractivity contribution >= 4 is 23.6 Å². The van der Waals surface area contributed by atoms with E-state index < -0.39 is 10.9 Å². The molecule has 1 aliphatic heterocycles. The molecule has 0 atom stereocenters. The Bertz CT molecular complexity index is 1150. The molecule has 3 aromatic carbocycles. The lowest BCUT2D eigenvalue weighted by Gasteiger charge is -2.06. The lowest BCUT2D eigenvalue weighted by Crippen LogP contribution is -2.05. The van der Waals surface area contributed by atoms with E-state index in [4.69, 9.17) is 9.47 Å². The van der Waals surface area contributed by atoms with Crippen LogP contribution in [0.1, 0.15) is 16.7 Å². The van der Waals surface area contributed by atoms with Crippen molar-refractivity contribution in [2.24, 2.45) is 4.99 Å². The molecule has 0 aromatic heterocycles. The van der Waals surface area contributed by atoms with Crippen molar-refractivity contribution in [1.29, 1.82) is 0 Å². The summed E-state index contributed by atoms with van der Waals surface area (Å²) in [6, 6.07) is 22.8. The second-order valence-corrected chi connectivity index (χ2v) is 6.49. The molecular formula is C23H16N2O5. The molecule has 7 heteroatoms. The minimum absolute atomic E-state index is 0.0396. The maximum atomic E-state index is 12.1. The van der Waals surface area contributed by atoms with Crippen LogP contribution in [0.25, 0.3) is 6.08 Å². The van der Waals surface area contributed by atoms with Gasteiger partial charge in [0.05, 0.1) is 4.92 Å². The quantitative estimate of drug-likeness (QED) is 0.263. The van der Waals surface area contributed by atoms with Gasteiger partial charge in [-0.15, -0.1) is 0 Å². The van der Waals surface area contributed by atoms with Gasteiger partial charge in [-0.05, 0) is 35.4 Å². The number of nitrogens with zero attached hydrogens (tertiary/aromatic N) is 2. The molecule has 0 saturated carbocycles. The van der Waals surface area contributed by atoms with Crippen molar-refractivity contribution in [3.63, 3.8) is 0 Å². The van der Waals surface area contributed by atoms with E-state index in [-0.39, 0.29) is 17.3 Å². The lowest BCUT2D eigenvalue weighted by molar-refractivity contribution is -0.384. The highest BCUT2D eigenvalue weighted by atomic mass is 16.6. The molecule has 0 spiro atoms. The SMILES string of the molecule is O=C1OC(c2cccc([N+](=O)[O-])c2)=N/C1=C\c1ccc(OCc2ccccc2)cc1. The number of ether oxygens (including phenoxy) is 2. The molecule has 30 heavy (non-hydrogen) atoms. The fourth-order valence-corrected chi connectivity index (χ4v) is 2.84. The summed E-state index contributed by atoms with van der Waals surface area (Å²) in [5, 5.41) is 10.9. The van der Waals surface area contributed by atoms with E-state index in [0.717, 1.165) is 11.1 Å². The van der Waals surface area contributed by atoms with Gasteiger partial charge in [-0.1, -0.05) is 48.5 Å². The smallest absolute Gasteiger partial charge is 0.363 e. The largest absolute Gasteiger partial charge is 0.489 e. The van der Waals surface area contributed by atoms with Crippen LogP contribution in [0.5, 0.6) is 5.75 Å². The van der Waals surface area contributed by atoms with Crippen molar-refractivity contribution in [2.45, 2.75) is 6.61 Å². The van der Waals surface area contributed by atoms with Gasteiger partial charge >= 0.3 is 5.97 Å². The molecule has 148 valence electrons. The van der Waals surface area contributed by atoms with E-state index in [1.54, 1.807) is 24.3 Å². The average Bonchev–Trinajstić information content (AvgIpc) is 3.14. The van der Waals surface area contributed by atoms with E-state index >= 15 is 0 Å². The van der Waals surface area contributed by atoms with Gasteiger partial charge in [-0.25, -0.2) is 9.79 Å². The highest BCUT2D eigenvalue weighted by Gasteiger charge is 2.25. The Morgan fingerprint density at radius 3 is 2.50 bits per heavy atom. The molecule has 0 N–H and O–H groups in total.